The van der Waals surface area contributed by atoms with Crippen LogP contribution in [0.5, 0.6) is 0 Å². The van der Waals surface area contributed by atoms with Crippen molar-refractivity contribution in [2.75, 3.05) is 26.4 Å². The van der Waals surface area contributed by atoms with Crippen LogP contribution in [0.25, 0.3) is 10.6 Å². The third kappa shape index (κ3) is 5.11. The topological polar surface area (TPSA) is 60.5 Å². The van der Waals surface area contributed by atoms with Crippen molar-refractivity contribution in [1.29, 1.82) is 0 Å². The number of ether oxygens (including phenoxy) is 2. The summed E-state index contributed by atoms with van der Waals surface area (Å²) in [5.41, 5.74) is 1.81. The molecule has 5 nitrogen and oxygen atoms in total. The van der Waals surface area contributed by atoms with Gasteiger partial charge in [-0.15, -0.1) is 11.3 Å². The maximum absolute atomic E-state index is 12.4. The summed E-state index contributed by atoms with van der Waals surface area (Å²) in [5.74, 6) is -0.0590. The fourth-order valence-corrected chi connectivity index (χ4v) is 3.75. The first-order valence-corrected chi connectivity index (χ1v) is 9.56. The second kappa shape index (κ2) is 9.08. The van der Waals surface area contributed by atoms with Crippen molar-refractivity contribution < 1.29 is 14.3 Å². The van der Waals surface area contributed by atoms with Crippen LogP contribution in [-0.2, 0) is 9.47 Å². The van der Waals surface area contributed by atoms with E-state index in [1.54, 1.807) is 0 Å². The van der Waals surface area contributed by atoms with Crippen LogP contribution in [0.3, 0.4) is 0 Å². The minimum atomic E-state index is -0.0590. The maximum Gasteiger partial charge on any atom is 0.263 e. The zero-order chi connectivity index (χ0) is 17.5. The zero-order valence-corrected chi connectivity index (χ0v) is 15.3. The second-order valence-electron chi connectivity index (χ2n) is 6.12. The zero-order valence-electron chi connectivity index (χ0n) is 14.5. The summed E-state index contributed by atoms with van der Waals surface area (Å²) in [6, 6.07) is 9.93. The summed E-state index contributed by atoms with van der Waals surface area (Å²) in [6.07, 6.45) is 3.27. The molecular formula is C19H24N2O3S. The van der Waals surface area contributed by atoms with E-state index in [2.05, 4.69) is 10.3 Å². The van der Waals surface area contributed by atoms with E-state index in [0.717, 1.165) is 42.1 Å². The lowest BCUT2D eigenvalue weighted by atomic mass is 10.2. The summed E-state index contributed by atoms with van der Waals surface area (Å²) < 4.78 is 11.1. The third-order valence-electron chi connectivity index (χ3n) is 4.10. The van der Waals surface area contributed by atoms with Gasteiger partial charge >= 0.3 is 0 Å². The highest BCUT2D eigenvalue weighted by Gasteiger charge is 2.16. The first-order valence-electron chi connectivity index (χ1n) is 8.74. The number of rotatable bonds is 8. The van der Waals surface area contributed by atoms with Gasteiger partial charge in [0.25, 0.3) is 5.91 Å². The van der Waals surface area contributed by atoms with E-state index in [1.807, 2.05) is 37.3 Å². The van der Waals surface area contributed by atoms with Gasteiger partial charge in [-0.05, 0) is 26.2 Å². The number of carbonyl (C=O) groups excluding carboxylic acids is 1. The molecule has 1 aromatic carbocycles. The third-order valence-corrected chi connectivity index (χ3v) is 5.31. The molecule has 0 saturated carbocycles. The van der Waals surface area contributed by atoms with E-state index in [0.29, 0.717) is 24.6 Å². The van der Waals surface area contributed by atoms with E-state index >= 15 is 0 Å². The van der Waals surface area contributed by atoms with Gasteiger partial charge in [-0.2, -0.15) is 0 Å². The van der Waals surface area contributed by atoms with Gasteiger partial charge in [-0.3, -0.25) is 4.79 Å². The lowest BCUT2D eigenvalue weighted by molar-refractivity contribution is 0.0166. The van der Waals surface area contributed by atoms with Crippen molar-refractivity contribution in [3.05, 3.63) is 40.9 Å². The number of aryl methyl sites for hydroxylation is 1. The van der Waals surface area contributed by atoms with E-state index in [1.165, 1.54) is 11.3 Å². The highest BCUT2D eigenvalue weighted by atomic mass is 32.1. The van der Waals surface area contributed by atoms with Crippen molar-refractivity contribution in [1.82, 2.24) is 10.3 Å². The number of benzene rings is 1. The number of hydrogen-bond acceptors (Lipinski definition) is 5. The van der Waals surface area contributed by atoms with Crippen LogP contribution >= 0.6 is 11.3 Å². The molecule has 1 atom stereocenters. The number of thiazole rings is 1. The van der Waals surface area contributed by atoms with Gasteiger partial charge in [0.15, 0.2) is 0 Å². The number of nitrogens with one attached hydrogen (secondary N) is 1. The molecular weight excluding hydrogens is 336 g/mol. The van der Waals surface area contributed by atoms with Gasteiger partial charge in [0.2, 0.25) is 0 Å². The molecule has 0 aliphatic carbocycles. The van der Waals surface area contributed by atoms with Gasteiger partial charge in [0, 0.05) is 25.3 Å². The molecule has 1 amide bonds. The minimum Gasteiger partial charge on any atom is -0.379 e. The Bertz CT molecular complexity index is 681. The lowest BCUT2D eigenvalue weighted by Gasteiger charge is -2.10. The maximum atomic E-state index is 12.4. The standard InChI is InChI=1S/C19H24N2O3S/c1-14-17(25-19(21-14)15-7-3-2-4-8-15)18(22)20-10-6-11-23-13-16-9-5-12-24-16/h2-4,7-8,16H,5-6,9-13H2,1H3,(H,20,22). The summed E-state index contributed by atoms with van der Waals surface area (Å²) in [7, 11) is 0. The van der Waals surface area contributed by atoms with E-state index in [9.17, 15) is 4.79 Å². The second-order valence-corrected chi connectivity index (χ2v) is 7.12. The smallest absolute Gasteiger partial charge is 0.263 e. The molecule has 1 aliphatic rings. The van der Waals surface area contributed by atoms with Crippen molar-refractivity contribution in [2.45, 2.75) is 32.3 Å². The fourth-order valence-electron chi connectivity index (χ4n) is 2.76. The number of hydrogen-bond donors (Lipinski definition) is 1. The quantitative estimate of drug-likeness (QED) is 0.733. The molecule has 0 bridgehead atoms. The highest BCUT2D eigenvalue weighted by Crippen LogP contribution is 2.27. The molecule has 0 radical (unpaired) electrons. The number of carbonyl (C=O) groups is 1. The van der Waals surface area contributed by atoms with Crippen LogP contribution in [0.15, 0.2) is 30.3 Å². The van der Waals surface area contributed by atoms with Crippen molar-refractivity contribution >= 4 is 17.2 Å². The van der Waals surface area contributed by atoms with Crippen LogP contribution in [0.2, 0.25) is 0 Å². The van der Waals surface area contributed by atoms with Crippen LogP contribution in [0.1, 0.15) is 34.6 Å². The number of amides is 1. The van der Waals surface area contributed by atoms with Gasteiger partial charge in [0.1, 0.15) is 9.88 Å². The molecule has 0 spiro atoms. The molecule has 2 aromatic rings. The van der Waals surface area contributed by atoms with E-state index < -0.39 is 0 Å². The molecule has 6 heteroatoms. The predicted octanol–water partition coefficient (Wildman–Crippen LogP) is 3.43. The molecule has 1 unspecified atom stereocenters. The molecule has 1 aliphatic heterocycles. The Morgan fingerprint density at radius 1 is 1.40 bits per heavy atom. The molecule has 25 heavy (non-hydrogen) atoms. The summed E-state index contributed by atoms with van der Waals surface area (Å²) in [5, 5.41) is 3.83. The van der Waals surface area contributed by atoms with Crippen LogP contribution < -0.4 is 5.32 Å². The van der Waals surface area contributed by atoms with Gasteiger partial charge < -0.3 is 14.8 Å². The van der Waals surface area contributed by atoms with Crippen molar-refractivity contribution in [3.63, 3.8) is 0 Å². The first-order chi connectivity index (χ1) is 12.2. The first kappa shape index (κ1) is 18.0. The molecule has 2 heterocycles. The summed E-state index contributed by atoms with van der Waals surface area (Å²) >= 11 is 1.43. The fraction of sp³-hybridized carbons (Fsp3) is 0.474. The average molecular weight is 360 g/mol. The number of aromatic nitrogens is 1. The van der Waals surface area contributed by atoms with Crippen LogP contribution in [-0.4, -0.2) is 43.4 Å². The molecule has 1 N–H and O–H groups in total. The predicted molar refractivity (Wildman–Crippen MR) is 99.0 cm³/mol. The number of nitrogens with zero attached hydrogens (tertiary/aromatic N) is 1. The van der Waals surface area contributed by atoms with E-state index in [-0.39, 0.29) is 12.0 Å². The van der Waals surface area contributed by atoms with E-state index in [4.69, 9.17) is 9.47 Å². The Morgan fingerprint density at radius 3 is 3.00 bits per heavy atom. The lowest BCUT2D eigenvalue weighted by Crippen LogP contribution is -2.25. The monoisotopic (exact) mass is 360 g/mol. The molecule has 1 aromatic heterocycles. The van der Waals surface area contributed by atoms with Gasteiger partial charge in [-0.25, -0.2) is 4.98 Å². The molecule has 134 valence electrons. The average Bonchev–Trinajstić information content (AvgIpc) is 3.28. The summed E-state index contributed by atoms with van der Waals surface area (Å²) in [6.45, 7) is 4.62. The van der Waals surface area contributed by atoms with Crippen LogP contribution in [0, 0.1) is 6.92 Å². The SMILES string of the molecule is Cc1nc(-c2ccccc2)sc1C(=O)NCCCOCC1CCCO1. The Hall–Kier alpha value is -1.76. The normalized spacial score (nSPS) is 16.9. The minimum absolute atomic E-state index is 0.0590. The Balaban J connectivity index is 1.41. The largest absolute Gasteiger partial charge is 0.379 e. The van der Waals surface area contributed by atoms with Crippen molar-refractivity contribution in [2.24, 2.45) is 0 Å². The van der Waals surface area contributed by atoms with Gasteiger partial charge in [-0.1, -0.05) is 30.3 Å². The van der Waals surface area contributed by atoms with Crippen molar-refractivity contribution in [3.8, 4) is 10.6 Å². The Labute approximate surface area is 152 Å². The molecule has 1 fully saturated rings. The Morgan fingerprint density at radius 2 is 2.24 bits per heavy atom. The molecule has 3 rings (SSSR count). The highest BCUT2D eigenvalue weighted by molar-refractivity contribution is 7.17. The molecule has 1 saturated heterocycles. The van der Waals surface area contributed by atoms with Crippen LogP contribution in [0.4, 0.5) is 0 Å². The van der Waals surface area contributed by atoms with Gasteiger partial charge in [0.05, 0.1) is 18.4 Å². The Kier molecular flexibility index (Phi) is 6.55. The summed E-state index contributed by atoms with van der Waals surface area (Å²) in [4.78, 5) is 17.6.